The van der Waals surface area contributed by atoms with Crippen molar-refractivity contribution in [1.82, 2.24) is 0 Å². The lowest BCUT2D eigenvalue weighted by atomic mass is 9.74. The van der Waals surface area contributed by atoms with Crippen LogP contribution in [0.1, 0.15) is 45.4 Å². The number of hydrogen-bond acceptors (Lipinski definition) is 9. The molecular weight excluding hydrogens is 418 g/mol. The fourth-order valence-electron chi connectivity index (χ4n) is 5.71. The van der Waals surface area contributed by atoms with Gasteiger partial charge in [-0.05, 0) is 32.6 Å². The molecule has 0 aromatic rings. The number of nitrogens with zero attached hydrogens (tertiary/aromatic N) is 1. The van der Waals surface area contributed by atoms with Crippen LogP contribution in [0.15, 0.2) is 12.2 Å². The molecule has 0 N–H and O–H groups in total. The Morgan fingerprint density at radius 1 is 1.16 bits per heavy atom. The molecule has 9 heteroatoms. The predicted molar refractivity (Wildman–Crippen MR) is 106 cm³/mol. The van der Waals surface area contributed by atoms with Crippen molar-refractivity contribution >= 4 is 23.9 Å². The molecule has 7 atom stereocenters. The maximum Gasteiger partial charge on any atom is 0.333 e. The minimum Gasteiger partial charge on any atom is -0.462 e. The van der Waals surface area contributed by atoms with Gasteiger partial charge in [-0.15, -0.1) is 0 Å². The molecule has 1 saturated heterocycles. The zero-order chi connectivity index (χ0) is 23.0. The van der Waals surface area contributed by atoms with E-state index < -0.39 is 53.3 Å². The number of hydrogen-bond donors (Lipinski definition) is 0. The van der Waals surface area contributed by atoms with Crippen LogP contribution in [-0.2, 0) is 38.1 Å². The van der Waals surface area contributed by atoms with Gasteiger partial charge in [0.25, 0.3) is 0 Å². The first-order valence-corrected chi connectivity index (χ1v) is 11.1. The molecule has 0 spiro atoms. The maximum atomic E-state index is 13.0. The van der Waals surface area contributed by atoms with E-state index in [9.17, 15) is 24.4 Å². The van der Waals surface area contributed by atoms with Gasteiger partial charge in [-0.3, -0.25) is 14.4 Å². The second-order valence-electron chi connectivity index (χ2n) is 9.24. The first-order chi connectivity index (χ1) is 15.3. The molecule has 0 radical (unpaired) electrons. The van der Waals surface area contributed by atoms with E-state index in [1.807, 2.05) is 0 Å². The lowest BCUT2D eigenvalue weighted by molar-refractivity contribution is -0.173. The number of carbonyl (C=O) groups is 4. The summed E-state index contributed by atoms with van der Waals surface area (Å²) in [4.78, 5) is 49.3. The quantitative estimate of drug-likeness (QED) is 0.249. The SMILES string of the molecule is C=C(C)C(=O)OCCOC(=O)C1CCCCC1C(=O)OC1C2CC3C1OC(=O)C3(C#N)C2. The molecule has 1 aliphatic heterocycles. The normalized spacial score (nSPS) is 36.7. The van der Waals surface area contributed by atoms with E-state index in [-0.39, 0.29) is 30.6 Å². The third-order valence-electron chi connectivity index (χ3n) is 7.30. The molecule has 2 bridgehead atoms. The van der Waals surface area contributed by atoms with Crippen LogP contribution in [0.2, 0.25) is 0 Å². The van der Waals surface area contributed by atoms with Gasteiger partial charge in [0.1, 0.15) is 25.4 Å². The lowest BCUT2D eigenvalue weighted by Crippen LogP contribution is -2.43. The highest BCUT2D eigenvalue weighted by atomic mass is 16.6. The van der Waals surface area contributed by atoms with Crippen molar-refractivity contribution < 1.29 is 38.1 Å². The maximum absolute atomic E-state index is 13.0. The van der Waals surface area contributed by atoms with Crippen LogP contribution in [-0.4, -0.2) is 49.3 Å². The molecule has 1 heterocycles. The molecular formula is C23H27NO8. The Labute approximate surface area is 186 Å². The summed E-state index contributed by atoms with van der Waals surface area (Å²) in [5.41, 5.74) is -0.838. The Morgan fingerprint density at radius 3 is 2.47 bits per heavy atom. The van der Waals surface area contributed by atoms with Crippen molar-refractivity contribution in [3.05, 3.63) is 12.2 Å². The highest BCUT2D eigenvalue weighted by Crippen LogP contribution is 2.62. The van der Waals surface area contributed by atoms with Crippen LogP contribution >= 0.6 is 0 Å². The van der Waals surface area contributed by atoms with Gasteiger partial charge in [-0.2, -0.15) is 5.26 Å². The van der Waals surface area contributed by atoms with Crippen molar-refractivity contribution in [1.29, 1.82) is 5.26 Å². The first kappa shape index (κ1) is 22.3. The number of carbonyl (C=O) groups excluding carboxylic acids is 4. The number of esters is 4. The van der Waals surface area contributed by atoms with Gasteiger partial charge < -0.3 is 18.9 Å². The van der Waals surface area contributed by atoms with Crippen molar-refractivity contribution in [3.63, 3.8) is 0 Å². The van der Waals surface area contributed by atoms with Gasteiger partial charge in [0.05, 0.1) is 17.9 Å². The molecule has 7 unspecified atom stereocenters. The summed E-state index contributed by atoms with van der Waals surface area (Å²) in [6, 6.07) is 2.13. The Balaban J connectivity index is 1.33. The summed E-state index contributed by atoms with van der Waals surface area (Å²) in [6.45, 7) is 4.82. The Morgan fingerprint density at radius 2 is 1.81 bits per heavy atom. The summed E-state index contributed by atoms with van der Waals surface area (Å²) in [5, 5.41) is 9.51. The Hall–Kier alpha value is -2.89. The second kappa shape index (κ2) is 8.57. The van der Waals surface area contributed by atoms with Crippen molar-refractivity contribution in [2.24, 2.45) is 29.1 Å². The van der Waals surface area contributed by atoms with Gasteiger partial charge in [-0.25, -0.2) is 4.79 Å². The fourth-order valence-corrected chi connectivity index (χ4v) is 5.71. The van der Waals surface area contributed by atoms with E-state index in [0.29, 0.717) is 25.7 Å². The smallest absolute Gasteiger partial charge is 0.333 e. The summed E-state index contributed by atoms with van der Waals surface area (Å²) in [6.07, 6.45) is 2.44. The molecule has 3 saturated carbocycles. The monoisotopic (exact) mass is 445 g/mol. The summed E-state index contributed by atoms with van der Waals surface area (Å²) in [7, 11) is 0. The van der Waals surface area contributed by atoms with Crippen LogP contribution in [0.25, 0.3) is 0 Å². The predicted octanol–water partition coefficient (Wildman–Crippen LogP) is 1.84. The molecule has 32 heavy (non-hydrogen) atoms. The topological polar surface area (TPSA) is 129 Å². The van der Waals surface area contributed by atoms with E-state index in [4.69, 9.17) is 18.9 Å². The Kier molecular flexibility index (Phi) is 5.97. The van der Waals surface area contributed by atoms with Gasteiger partial charge >= 0.3 is 23.9 Å². The molecule has 4 rings (SSSR count). The summed E-state index contributed by atoms with van der Waals surface area (Å²) in [5.74, 6) is -3.65. The number of rotatable bonds is 7. The largest absolute Gasteiger partial charge is 0.462 e. The van der Waals surface area contributed by atoms with Gasteiger partial charge in [0, 0.05) is 17.4 Å². The fraction of sp³-hybridized carbons (Fsp3) is 0.696. The van der Waals surface area contributed by atoms with E-state index >= 15 is 0 Å². The molecule has 3 aliphatic carbocycles. The molecule has 4 fully saturated rings. The molecule has 4 aliphatic rings. The van der Waals surface area contributed by atoms with Gasteiger partial charge in [-0.1, -0.05) is 19.4 Å². The second-order valence-corrected chi connectivity index (χ2v) is 9.24. The van der Waals surface area contributed by atoms with E-state index in [1.165, 1.54) is 6.92 Å². The van der Waals surface area contributed by atoms with Crippen molar-refractivity contribution in [2.45, 2.75) is 57.7 Å². The third-order valence-corrected chi connectivity index (χ3v) is 7.30. The molecule has 0 amide bonds. The number of ether oxygens (including phenoxy) is 4. The zero-order valence-electron chi connectivity index (χ0n) is 18.0. The first-order valence-electron chi connectivity index (χ1n) is 11.1. The van der Waals surface area contributed by atoms with Gasteiger partial charge in [0.2, 0.25) is 0 Å². The summed E-state index contributed by atoms with van der Waals surface area (Å²) < 4.78 is 21.4. The van der Waals surface area contributed by atoms with Gasteiger partial charge in [0.15, 0.2) is 5.41 Å². The highest BCUT2D eigenvalue weighted by molar-refractivity contribution is 5.87. The number of nitriles is 1. The van der Waals surface area contributed by atoms with Crippen molar-refractivity contribution in [2.75, 3.05) is 13.2 Å². The number of fused-ring (bicyclic) bond motifs is 1. The lowest BCUT2D eigenvalue weighted by Gasteiger charge is -2.32. The molecule has 0 aromatic carbocycles. The van der Waals surface area contributed by atoms with Crippen LogP contribution in [0.5, 0.6) is 0 Å². The van der Waals surface area contributed by atoms with E-state index in [0.717, 1.165) is 12.8 Å². The van der Waals surface area contributed by atoms with E-state index in [1.54, 1.807) is 0 Å². The minimum atomic E-state index is -1.09. The van der Waals surface area contributed by atoms with E-state index in [2.05, 4.69) is 12.6 Å². The summed E-state index contributed by atoms with van der Waals surface area (Å²) >= 11 is 0. The zero-order valence-corrected chi connectivity index (χ0v) is 18.0. The minimum absolute atomic E-state index is 0.0852. The standard InChI is InChI=1S/C23H27NO8/c1-12(2)19(25)29-7-8-30-20(26)14-5-3-4-6-15(14)21(27)31-17-13-9-16-18(17)32-22(28)23(16,10-13)11-24/h13-18H,1,3-10H2,2H3. The molecule has 172 valence electrons. The van der Waals surface area contributed by atoms with Crippen LogP contribution in [0.3, 0.4) is 0 Å². The average molecular weight is 445 g/mol. The molecule has 0 aromatic heterocycles. The Bertz CT molecular complexity index is 891. The van der Waals surface area contributed by atoms with Crippen molar-refractivity contribution in [3.8, 4) is 6.07 Å². The van der Waals surface area contributed by atoms with Crippen LogP contribution in [0.4, 0.5) is 0 Å². The average Bonchev–Trinajstić information content (AvgIpc) is 3.38. The molecule has 9 nitrogen and oxygen atoms in total. The van der Waals surface area contributed by atoms with Crippen LogP contribution < -0.4 is 0 Å². The highest BCUT2D eigenvalue weighted by Gasteiger charge is 2.72. The van der Waals surface area contributed by atoms with Crippen LogP contribution in [0, 0.1) is 40.4 Å². The third kappa shape index (κ3) is 3.65.